The summed E-state index contributed by atoms with van der Waals surface area (Å²) >= 11 is 0. The number of aryl methyl sites for hydroxylation is 1. The molecule has 1 aromatic heterocycles. The third-order valence-corrected chi connectivity index (χ3v) is 4.44. The van der Waals surface area contributed by atoms with Crippen LogP contribution in [0.4, 0.5) is 0 Å². The molecule has 0 bridgehead atoms. The standard InChI is InChI=1S/C16H24N2O2/c1-12-6-7-14(17-9-12)11-18-8-4-5-13(10-18)16(2,3)15(19)20/h6-7,9,13H,4-5,8,10-11H2,1-3H3,(H,19,20). The fraction of sp³-hybridized carbons (Fsp3) is 0.625. The highest BCUT2D eigenvalue weighted by molar-refractivity contribution is 5.74. The van der Waals surface area contributed by atoms with Gasteiger partial charge in [-0.2, -0.15) is 0 Å². The summed E-state index contributed by atoms with van der Waals surface area (Å²) in [6, 6.07) is 4.13. The summed E-state index contributed by atoms with van der Waals surface area (Å²) in [5, 5.41) is 9.37. The summed E-state index contributed by atoms with van der Waals surface area (Å²) in [4.78, 5) is 18.2. The predicted molar refractivity (Wildman–Crippen MR) is 78.4 cm³/mol. The quantitative estimate of drug-likeness (QED) is 0.918. The van der Waals surface area contributed by atoms with E-state index in [-0.39, 0.29) is 5.92 Å². The molecule has 0 aromatic carbocycles. The van der Waals surface area contributed by atoms with Crippen LogP contribution in [0.3, 0.4) is 0 Å². The molecule has 1 saturated heterocycles. The summed E-state index contributed by atoms with van der Waals surface area (Å²) in [6.45, 7) is 8.40. The molecule has 2 rings (SSSR count). The SMILES string of the molecule is Cc1ccc(CN2CCCC(C(C)(C)C(=O)O)C2)nc1. The van der Waals surface area contributed by atoms with Crippen LogP contribution < -0.4 is 0 Å². The van der Waals surface area contributed by atoms with E-state index in [0.29, 0.717) is 0 Å². The van der Waals surface area contributed by atoms with Gasteiger partial charge in [0.05, 0.1) is 11.1 Å². The summed E-state index contributed by atoms with van der Waals surface area (Å²) < 4.78 is 0. The second-order valence-corrected chi connectivity index (χ2v) is 6.43. The fourth-order valence-electron chi connectivity index (χ4n) is 2.78. The Morgan fingerprint density at radius 3 is 2.85 bits per heavy atom. The number of likely N-dealkylation sites (tertiary alicyclic amines) is 1. The Labute approximate surface area is 120 Å². The molecule has 1 unspecified atom stereocenters. The average Bonchev–Trinajstić information content (AvgIpc) is 2.41. The number of pyridine rings is 1. The van der Waals surface area contributed by atoms with Crippen molar-refractivity contribution in [3.05, 3.63) is 29.6 Å². The van der Waals surface area contributed by atoms with Crippen molar-refractivity contribution in [3.63, 3.8) is 0 Å². The largest absolute Gasteiger partial charge is 0.481 e. The molecule has 0 saturated carbocycles. The van der Waals surface area contributed by atoms with E-state index in [1.165, 1.54) is 0 Å². The van der Waals surface area contributed by atoms with Crippen LogP contribution in [0.5, 0.6) is 0 Å². The van der Waals surface area contributed by atoms with E-state index >= 15 is 0 Å². The van der Waals surface area contributed by atoms with Gasteiger partial charge in [0, 0.05) is 19.3 Å². The lowest BCUT2D eigenvalue weighted by atomic mass is 9.74. The average molecular weight is 276 g/mol. The number of hydrogen-bond donors (Lipinski definition) is 1. The van der Waals surface area contributed by atoms with Crippen molar-refractivity contribution >= 4 is 5.97 Å². The van der Waals surface area contributed by atoms with Crippen LogP contribution in [-0.4, -0.2) is 34.0 Å². The summed E-state index contributed by atoms with van der Waals surface area (Å²) in [6.07, 6.45) is 3.95. The summed E-state index contributed by atoms with van der Waals surface area (Å²) in [5.41, 5.74) is 1.57. The zero-order chi connectivity index (χ0) is 14.8. The van der Waals surface area contributed by atoms with Crippen molar-refractivity contribution in [2.45, 2.75) is 40.2 Å². The van der Waals surface area contributed by atoms with Gasteiger partial charge in [0.1, 0.15) is 0 Å². The number of aromatic nitrogens is 1. The van der Waals surface area contributed by atoms with Crippen LogP contribution >= 0.6 is 0 Å². The van der Waals surface area contributed by atoms with Gasteiger partial charge in [0.2, 0.25) is 0 Å². The number of carboxylic acids is 1. The first-order valence-corrected chi connectivity index (χ1v) is 7.27. The molecule has 2 heterocycles. The molecule has 0 aliphatic carbocycles. The van der Waals surface area contributed by atoms with E-state index < -0.39 is 11.4 Å². The van der Waals surface area contributed by atoms with Crippen LogP contribution in [0.2, 0.25) is 0 Å². The molecule has 1 N–H and O–H groups in total. The maximum atomic E-state index is 11.4. The van der Waals surface area contributed by atoms with Gasteiger partial charge in [0.15, 0.2) is 0 Å². The minimum atomic E-state index is -0.696. The Balaban J connectivity index is 2.00. The number of carbonyl (C=O) groups is 1. The number of nitrogens with zero attached hydrogens (tertiary/aromatic N) is 2. The van der Waals surface area contributed by atoms with Gasteiger partial charge in [0.25, 0.3) is 0 Å². The Morgan fingerprint density at radius 2 is 2.25 bits per heavy atom. The number of piperidine rings is 1. The molecule has 1 atom stereocenters. The smallest absolute Gasteiger partial charge is 0.309 e. The molecule has 1 aliphatic rings. The van der Waals surface area contributed by atoms with Gasteiger partial charge in [-0.05, 0) is 57.7 Å². The van der Waals surface area contributed by atoms with Crippen molar-refractivity contribution in [3.8, 4) is 0 Å². The van der Waals surface area contributed by atoms with E-state index in [4.69, 9.17) is 0 Å². The van der Waals surface area contributed by atoms with Gasteiger partial charge in [-0.15, -0.1) is 0 Å². The van der Waals surface area contributed by atoms with E-state index in [1.807, 2.05) is 27.0 Å². The van der Waals surface area contributed by atoms with Crippen molar-refractivity contribution in [2.24, 2.45) is 11.3 Å². The van der Waals surface area contributed by atoms with E-state index in [1.54, 1.807) is 0 Å². The second kappa shape index (κ2) is 5.92. The highest BCUT2D eigenvalue weighted by atomic mass is 16.4. The predicted octanol–water partition coefficient (Wildman–Crippen LogP) is 2.71. The highest BCUT2D eigenvalue weighted by Gasteiger charge is 2.38. The monoisotopic (exact) mass is 276 g/mol. The van der Waals surface area contributed by atoms with Gasteiger partial charge in [-0.3, -0.25) is 14.7 Å². The van der Waals surface area contributed by atoms with Crippen LogP contribution in [0, 0.1) is 18.3 Å². The van der Waals surface area contributed by atoms with Gasteiger partial charge >= 0.3 is 5.97 Å². The lowest BCUT2D eigenvalue weighted by Crippen LogP contribution is -2.44. The molecular weight excluding hydrogens is 252 g/mol. The zero-order valence-corrected chi connectivity index (χ0v) is 12.6. The molecule has 1 fully saturated rings. The normalized spacial score (nSPS) is 20.9. The van der Waals surface area contributed by atoms with Crippen LogP contribution in [0.1, 0.15) is 37.9 Å². The van der Waals surface area contributed by atoms with Gasteiger partial charge in [-0.1, -0.05) is 6.07 Å². The molecular formula is C16H24N2O2. The lowest BCUT2D eigenvalue weighted by Gasteiger charge is -2.39. The zero-order valence-electron chi connectivity index (χ0n) is 12.6. The first-order valence-electron chi connectivity index (χ1n) is 7.27. The Morgan fingerprint density at radius 1 is 1.50 bits per heavy atom. The van der Waals surface area contributed by atoms with E-state index in [2.05, 4.69) is 22.0 Å². The number of rotatable bonds is 4. The van der Waals surface area contributed by atoms with E-state index in [0.717, 1.165) is 43.7 Å². The van der Waals surface area contributed by atoms with Gasteiger partial charge in [-0.25, -0.2) is 0 Å². The molecule has 0 amide bonds. The third kappa shape index (κ3) is 3.37. The summed E-state index contributed by atoms with van der Waals surface area (Å²) in [7, 11) is 0. The molecule has 1 aromatic rings. The maximum absolute atomic E-state index is 11.4. The van der Waals surface area contributed by atoms with Gasteiger partial charge < -0.3 is 5.11 Å². The molecule has 4 nitrogen and oxygen atoms in total. The summed E-state index contributed by atoms with van der Waals surface area (Å²) in [5.74, 6) is -0.489. The first kappa shape index (κ1) is 15.0. The van der Waals surface area contributed by atoms with Crippen molar-refractivity contribution in [1.82, 2.24) is 9.88 Å². The van der Waals surface area contributed by atoms with Crippen molar-refractivity contribution in [1.29, 1.82) is 0 Å². The highest BCUT2D eigenvalue weighted by Crippen LogP contribution is 2.34. The molecule has 4 heteroatoms. The number of aliphatic carboxylic acids is 1. The molecule has 1 aliphatic heterocycles. The molecule has 0 radical (unpaired) electrons. The van der Waals surface area contributed by atoms with Crippen LogP contribution in [0.25, 0.3) is 0 Å². The van der Waals surface area contributed by atoms with Crippen LogP contribution in [0.15, 0.2) is 18.3 Å². The van der Waals surface area contributed by atoms with Crippen molar-refractivity contribution in [2.75, 3.05) is 13.1 Å². The minimum absolute atomic E-state index is 0.208. The molecule has 110 valence electrons. The third-order valence-electron chi connectivity index (χ3n) is 4.44. The number of carboxylic acid groups (broad SMARTS) is 1. The Kier molecular flexibility index (Phi) is 4.43. The van der Waals surface area contributed by atoms with E-state index in [9.17, 15) is 9.90 Å². The Bertz CT molecular complexity index is 468. The lowest BCUT2D eigenvalue weighted by molar-refractivity contribution is -0.151. The Hall–Kier alpha value is -1.42. The topological polar surface area (TPSA) is 53.4 Å². The molecule has 20 heavy (non-hydrogen) atoms. The fourth-order valence-corrected chi connectivity index (χ4v) is 2.78. The second-order valence-electron chi connectivity index (χ2n) is 6.43. The molecule has 0 spiro atoms. The maximum Gasteiger partial charge on any atom is 0.309 e. The first-order chi connectivity index (χ1) is 9.39. The van der Waals surface area contributed by atoms with Crippen molar-refractivity contribution < 1.29 is 9.90 Å². The van der Waals surface area contributed by atoms with Crippen LogP contribution in [-0.2, 0) is 11.3 Å². The minimum Gasteiger partial charge on any atom is -0.481 e. The number of hydrogen-bond acceptors (Lipinski definition) is 3.